The molecule has 26 heavy (non-hydrogen) atoms. The zero-order valence-corrected chi connectivity index (χ0v) is 15.1. The van der Waals surface area contributed by atoms with Crippen molar-refractivity contribution in [1.29, 1.82) is 0 Å². The highest BCUT2D eigenvalue weighted by Gasteiger charge is 2.10. The monoisotopic (exact) mass is 351 g/mol. The molecule has 0 bridgehead atoms. The van der Waals surface area contributed by atoms with Crippen LogP contribution in [0, 0.1) is 6.92 Å². The first kappa shape index (κ1) is 17.7. The average Bonchev–Trinajstić information content (AvgIpc) is 2.65. The first-order chi connectivity index (χ1) is 12.5. The van der Waals surface area contributed by atoms with Crippen LogP contribution in [0.25, 0.3) is 11.0 Å². The maximum atomic E-state index is 12.4. The number of fused-ring (bicyclic) bond motifs is 1. The summed E-state index contributed by atoms with van der Waals surface area (Å²) < 4.78 is 6.95. The number of hydrogen-bond donors (Lipinski definition) is 1. The number of benzene rings is 2. The molecule has 3 rings (SSSR count). The Bertz CT molecular complexity index is 1010. The van der Waals surface area contributed by atoms with Gasteiger partial charge in [0.25, 0.3) is 11.5 Å². The minimum absolute atomic E-state index is 0.134. The van der Waals surface area contributed by atoms with Gasteiger partial charge in [0, 0.05) is 19.2 Å². The smallest absolute Gasteiger partial charge is 0.272 e. The van der Waals surface area contributed by atoms with Crippen LogP contribution in [0.15, 0.2) is 47.3 Å². The van der Waals surface area contributed by atoms with Gasteiger partial charge in [-0.1, -0.05) is 12.1 Å². The highest BCUT2D eigenvalue weighted by atomic mass is 16.5. The summed E-state index contributed by atoms with van der Waals surface area (Å²) in [5, 5.41) is 2.90. The van der Waals surface area contributed by atoms with Crippen LogP contribution in [0.5, 0.6) is 5.75 Å². The second-order valence-corrected chi connectivity index (χ2v) is 6.02. The third-order valence-electron chi connectivity index (χ3n) is 4.19. The molecule has 0 aliphatic heterocycles. The van der Waals surface area contributed by atoms with Crippen LogP contribution in [0.1, 0.15) is 28.5 Å². The summed E-state index contributed by atoms with van der Waals surface area (Å²) in [5.41, 5.74) is 3.09. The highest BCUT2D eigenvalue weighted by Crippen LogP contribution is 2.14. The molecule has 0 aliphatic rings. The largest absolute Gasteiger partial charge is 0.494 e. The lowest BCUT2D eigenvalue weighted by Crippen LogP contribution is -2.24. The normalized spacial score (nSPS) is 10.7. The summed E-state index contributed by atoms with van der Waals surface area (Å²) >= 11 is 0. The van der Waals surface area contributed by atoms with Crippen molar-refractivity contribution in [2.24, 2.45) is 7.05 Å². The Morgan fingerprint density at radius 1 is 1.19 bits per heavy atom. The van der Waals surface area contributed by atoms with E-state index < -0.39 is 0 Å². The van der Waals surface area contributed by atoms with E-state index in [4.69, 9.17) is 4.74 Å². The van der Waals surface area contributed by atoms with Gasteiger partial charge < -0.3 is 14.6 Å². The van der Waals surface area contributed by atoms with Gasteiger partial charge >= 0.3 is 0 Å². The maximum Gasteiger partial charge on any atom is 0.272 e. The van der Waals surface area contributed by atoms with Gasteiger partial charge in [0.05, 0.1) is 17.6 Å². The standard InChI is InChI=1S/C20H21N3O3/c1-4-26-16-8-5-14(6-9-16)12-21-19(24)15-7-10-18-17(11-15)22-13(2)20(25)23(18)3/h5-11H,4,12H2,1-3H3,(H,21,24). The van der Waals surface area contributed by atoms with E-state index >= 15 is 0 Å². The molecule has 134 valence electrons. The topological polar surface area (TPSA) is 73.2 Å². The van der Waals surface area contributed by atoms with Gasteiger partial charge in [0.1, 0.15) is 11.4 Å². The van der Waals surface area contributed by atoms with E-state index in [2.05, 4.69) is 10.3 Å². The maximum absolute atomic E-state index is 12.4. The van der Waals surface area contributed by atoms with Crippen molar-refractivity contribution in [2.45, 2.75) is 20.4 Å². The predicted molar refractivity (Wildman–Crippen MR) is 101 cm³/mol. The van der Waals surface area contributed by atoms with Gasteiger partial charge in [-0.05, 0) is 49.7 Å². The van der Waals surface area contributed by atoms with Crippen molar-refractivity contribution in [3.05, 3.63) is 69.6 Å². The lowest BCUT2D eigenvalue weighted by Gasteiger charge is -2.09. The van der Waals surface area contributed by atoms with E-state index in [0.717, 1.165) is 11.3 Å². The van der Waals surface area contributed by atoms with Crippen molar-refractivity contribution in [3.63, 3.8) is 0 Å². The van der Waals surface area contributed by atoms with Crippen LogP contribution in [-0.2, 0) is 13.6 Å². The second kappa shape index (κ2) is 7.39. The third kappa shape index (κ3) is 3.59. The second-order valence-electron chi connectivity index (χ2n) is 6.02. The van der Waals surface area contributed by atoms with Crippen LogP contribution in [0.3, 0.4) is 0 Å². The van der Waals surface area contributed by atoms with Gasteiger partial charge in [-0.25, -0.2) is 4.98 Å². The first-order valence-corrected chi connectivity index (χ1v) is 8.47. The minimum Gasteiger partial charge on any atom is -0.494 e. The Hall–Kier alpha value is -3.15. The van der Waals surface area contributed by atoms with Gasteiger partial charge in [0.15, 0.2) is 0 Å². The van der Waals surface area contributed by atoms with Crippen LogP contribution >= 0.6 is 0 Å². The predicted octanol–water partition coefficient (Wildman–Crippen LogP) is 2.57. The minimum atomic E-state index is -0.186. The molecular weight excluding hydrogens is 330 g/mol. The number of aryl methyl sites for hydroxylation is 2. The molecule has 1 aromatic heterocycles. The van der Waals surface area contributed by atoms with Crippen molar-refractivity contribution in [3.8, 4) is 5.75 Å². The van der Waals surface area contributed by atoms with E-state index in [9.17, 15) is 9.59 Å². The number of aromatic nitrogens is 2. The van der Waals surface area contributed by atoms with E-state index in [0.29, 0.717) is 35.4 Å². The van der Waals surface area contributed by atoms with Crippen molar-refractivity contribution < 1.29 is 9.53 Å². The molecular formula is C20H21N3O3. The molecule has 0 aliphatic carbocycles. The van der Waals surface area contributed by atoms with E-state index in [1.54, 1.807) is 36.7 Å². The van der Waals surface area contributed by atoms with E-state index in [1.807, 2.05) is 31.2 Å². The van der Waals surface area contributed by atoms with Crippen LogP contribution < -0.4 is 15.6 Å². The molecule has 0 saturated heterocycles. The summed E-state index contributed by atoms with van der Waals surface area (Å²) in [6.07, 6.45) is 0. The fraction of sp³-hybridized carbons (Fsp3) is 0.250. The van der Waals surface area contributed by atoms with Crippen molar-refractivity contribution in [2.75, 3.05) is 6.61 Å². The summed E-state index contributed by atoms with van der Waals surface area (Å²) in [7, 11) is 1.70. The molecule has 0 saturated carbocycles. The van der Waals surface area contributed by atoms with Crippen LogP contribution in [0.4, 0.5) is 0 Å². The zero-order chi connectivity index (χ0) is 18.7. The fourth-order valence-corrected chi connectivity index (χ4v) is 2.77. The number of hydrogen-bond acceptors (Lipinski definition) is 4. The number of carbonyl (C=O) groups is 1. The van der Waals surface area contributed by atoms with E-state index in [1.165, 1.54) is 0 Å². The van der Waals surface area contributed by atoms with Crippen LogP contribution in [0.2, 0.25) is 0 Å². The Morgan fingerprint density at radius 3 is 2.62 bits per heavy atom. The summed E-state index contributed by atoms with van der Waals surface area (Å²) in [6, 6.07) is 12.8. The lowest BCUT2D eigenvalue weighted by molar-refractivity contribution is 0.0951. The van der Waals surface area contributed by atoms with Gasteiger partial charge in [-0.3, -0.25) is 9.59 Å². The molecule has 1 amide bonds. The number of amides is 1. The Labute approximate surface area is 151 Å². The third-order valence-corrected chi connectivity index (χ3v) is 4.19. The Kier molecular flexibility index (Phi) is 5.02. The number of ether oxygens (including phenoxy) is 1. The number of nitrogens with one attached hydrogen (secondary N) is 1. The fourth-order valence-electron chi connectivity index (χ4n) is 2.77. The molecule has 6 heteroatoms. The zero-order valence-electron chi connectivity index (χ0n) is 15.1. The number of carbonyl (C=O) groups excluding carboxylic acids is 1. The summed E-state index contributed by atoms with van der Waals surface area (Å²) in [6.45, 7) is 4.65. The molecule has 0 atom stereocenters. The van der Waals surface area contributed by atoms with Gasteiger partial charge in [-0.15, -0.1) is 0 Å². The molecule has 1 N–H and O–H groups in total. The molecule has 2 aromatic carbocycles. The molecule has 0 radical (unpaired) electrons. The first-order valence-electron chi connectivity index (χ1n) is 8.47. The quantitative estimate of drug-likeness (QED) is 0.767. The van der Waals surface area contributed by atoms with Gasteiger partial charge in [-0.2, -0.15) is 0 Å². The van der Waals surface area contributed by atoms with E-state index in [-0.39, 0.29) is 11.5 Å². The molecule has 0 spiro atoms. The lowest BCUT2D eigenvalue weighted by atomic mass is 10.1. The Balaban J connectivity index is 1.75. The molecule has 0 fully saturated rings. The summed E-state index contributed by atoms with van der Waals surface area (Å²) in [5.74, 6) is 0.623. The molecule has 0 unspecified atom stereocenters. The average molecular weight is 351 g/mol. The molecule has 6 nitrogen and oxygen atoms in total. The van der Waals surface area contributed by atoms with Crippen LogP contribution in [-0.4, -0.2) is 22.1 Å². The highest BCUT2D eigenvalue weighted by molar-refractivity contribution is 5.97. The number of rotatable bonds is 5. The van der Waals surface area contributed by atoms with Crippen molar-refractivity contribution in [1.82, 2.24) is 14.9 Å². The van der Waals surface area contributed by atoms with Crippen molar-refractivity contribution >= 4 is 16.9 Å². The Morgan fingerprint density at radius 2 is 1.92 bits per heavy atom. The number of nitrogens with zero attached hydrogens (tertiary/aromatic N) is 2. The molecule has 1 heterocycles. The SMILES string of the molecule is CCOc1ccc(CNC(=O)c2ccc3c(c2)nc(C)c(=O)n3C)cc1. The van der Waals surface area contributed by atoms with Gasteiger partial charge in [0.2, 0.25) is 0 Å². The summed E-state index contributed by atoms with van der Waals surface area (Å²) in [4.78, 5) is 28.7. The molecule has 3 aromatic rings.